The van der Waals surface area contributed by atoms with Crippen LogP contribution >= 0.6 is 0 Å². The predicted octanol–water partition coefficient (Wildman–Crippen LogP) is -0.299. The zero-order valence-electron chi connectivity index (χ0n) is 35.9. The Labute approximate surface area is 360 Å². The fourth-order valence-electron chi connectivity index (χ4n) is 4.98. The van der Waals surface area contributed by atoms with Crippen LogP contribution in [-0.4, -0.2) is 154 Å². The van der Waals surface area contributed by atoms with Crippen molar-refractivity contribution in [1.29, 1.82) is 0 Å². The fourth-order valence-corrected chi connectivity index (χ4v) is 4.98. The largest absolute Gasteiger partial charge is 0.481 e. The van der Waals surface area contributed by atoms with Crippen molar-refractivity contribution in [2.24, 2.45) is 0 Å². The lowest BCUT2D eigenvalue weighted by Gasteiger charge is -2.14. The van der Waals surface area contributed by atoms with Crippen molar-refractivity contribution in [2.45, 2.75) is 90.8 Å². The van der Waals surface area contributed by atoms with Gasteiger partial charge in [0.2, 0.25) is 29.5 Å². The average Bonchev–Trinajstić information content (AvgIpc) is 3.19. The van der Waals surface area contributed by atoms with Crippen LogP contribution < -0.4 is 37.2 Å². The van der Waals surface area contributed by atoms with Crippen LogP contribution in [0.5, 0.6) is 0 Å². The van der Waals surface area contributed by atoms with E-state index in [4.69, 9.17) is 24.1 Å². The smallest absolute Gasteiger partial charge is 0.326 e. The monoisotopic (exact) mass is 881 g/mol. The van der Waals surface area contributed by atoms with E-state index >= 15 is 0 Å². The maximum Gasteiger partial charge on any atom is 0.326 e. The SMILES string of the molecule is CC(C)NC(=O)c1cc(NC(=O)CCNC(=O)CCOCCOCCNC(=O)CCOCCOCCNC(=O)CC[C@H](NC(=O)CCC(=O)O)C(=O)O)cc(C(=O)NC(C)C)c1. The summed E-state index contributed by atoms with van der Waals surface area (Å²) in [5.74, 6) is -5.45. The van der Waals surface area contributed by atoms with Crippen LogP contribution in [0.15, 0.2) is 18.2 Å². The lowest BCUT2D eigenvalue weighted by atomic mass is 10.1. The quantitative estimate of drug-likeness (QED) is 0.0402. The molecule has 22 heteroatoms. The molecule has 0 aromatic heterocycles. The summed E-state index contributed by atoms with van der Waals surface area (Å²) in [6, 6.07) is 2.83. The molecule has 22 nitrogen and oxygen atoms in total. The number of carboxylic acids is 2. The van der Waals surface area contributed by atoms with E-state index in [0.717, 1.165) is 0 Å². The molecular weight excluding hydrogens is 818 g/mol. The molecule has 0 aliphatic rings. The van der Waals surface area contributed by atoms with E-state index in [1.807, 2.05) is 0 Å². The maximum atomic E-state index is 12.6. The predicted molar refractivity (Wildman–Crippen MR) is 222 cm³/mol. The van der Waals surface area contributed by atoms with Gasteiger partial charge in [-0.2, -0.15) is 0 Å². The highest BCUT2D eigenvalue weighted by atomic mass is 16.5. The average molecular weight is 882 g/mol. The molecule has 0 aliphatic carbocycles. The number of amides is 7. The molecule has 0 saturated carbocycles. The van der Waals surface area contributed by atoms with Gasteiger partial charge < -0.3 is 66.4 Å². The van der Waals surface area contributed by atoms with Crippen molar-refractivity contribution >= 4 is 59.0 Å². The minimum atomic E-state index is -1.34. The van der Waals surface area contributed by atoms with Crippen LogP contribution in [-0.2, 0) is 52.5 Å². The van der Waals surface area contributed by atoms with E-state index in [1.165, 1.54) is 18.2 Å². The Kier molecular flexibility index (Phi) is 28.1. The molecule has 9 N–H and O–H groups in total. The van der Waals surface area contributed by atoms with E-state index < -0.39 is 42.1 Å². The summed E-state index contributed by atoms with van der Waals surface area (Å²) in [4.78, 5) is 107. The molecule has 0 fully saturated rings. The molecule has 1 rings (SSSR count). The minimum Gasteiger partial charge on any atom is -0.481 e. The second-order valence-corrected chi connectivity index (χ2v) is 14.2. The Hall–Kier alpha value is -5.71. The molecule has 0 radical (unpaired) electrons. The molecule has 1 aromatic rings. The van der Waals surface area contributed by atoms with Crippen molar-refractivity contribution in [3.63, 3.8) is 0 Å². The molecule has 7 amide bonds. The summed E-state index contributed by atoms with van der Waals surface area (Å²) in [5.41, 5.74) is 0.704. The second-order valence-electron chi connectivity index (χ2n) is 14.2. The van der Waals surface area contributed by atoms with Gasteiger partial charge in [0.05, 0.1) is 59.3 Å². The zero-order valence-corrected chi connectivity index (χ0v) is 35.9. The van der Waals surface area contributed by atoms with Gasteiger partial charge in [0, 0.05) is 80.6 Å². The molecule has 0 spiro atoms. The van der Waals surface area contributed by atoms with Crippen LogP contribution in [0.2, 0.25) is 0 Å². The first-order valence-corrected chi connectivity index (χ1v) is 20.4. The molecule has 1 aromatic carbocycles. The highest BCUT2D eigenvalue weighted by Gasteiger charge is 2.21. The van der Waals surface area contributed by atoms with Gasteiger partial charge in [-0.3, -0.25) is 38.4 Å². The number of aliphatic carboxylic acids is 2. The Balaban J connectivity index is 2.07. The third-order valence-electron chi connectivity index (χ3n) is 7.94. The van der Waals surface area contributed by atoms with E-state index in [9.17, 15) is 48.3 Å². The normalized spacial score (nSPS) is 11.3. The molecule has 0 saturated heterocycles. The maximum absolute atomic E-state index is 12.6. The summed E-state index contributed by atoms with van der Waals surface area (Å²) >= 11 is 0. The van der Waals surface area contributed by atoms with Gasteiger partial charge >= 0.3 is 11.9 Å². The number of carbonyl (C=O) groups excluding carboxylic acids is 7. The number of ether oxygens (including phenoxy) is 4. The van der Waals surface area contributed by atoms with Gasteiger partial charge in [-0.05, 0) is 52.3 Å². The third kappa shape index (κ3) is 27.9. The second kappa shape index (κ2) is 32.1. The molecule has 62 heavy (non-hydrogen) atoms. The summed E-state index contributed by atoms with van der Waals surface area (Å²) < 4.78 is 21.5. The number of hydrogen-bond donors (Lipinski definition) is 9. The lowest BCUT2D eigenvalue weighted by molar-refractivity contribution is -0.142. The fraction of sp³-hybridized carbons (Fsp3) is 0.625. The minimum absolute atomic E-state index is 0.0448. The van der Waals surface area contributed by atoms with E-state index in [2.05, 4.69) is 37.2 Å². The van der Waals surface area contributed by atoms with Gasteiger partial charge in [0.1, 0.15) is 6.04 Å². The Bertz CT molecular complexity index is 1580. The molecule has 0 unspecified atom stereocenters. The van der Waals surface area contributed by atoms with Gasteiger partial charge in [0.15, 0.2) is 0 Å². The van der Waals surface area contributed by atoms with Crippen LogP contribution in [0.25, 0.3) is 0 Å². The lowest BCUT2D eigenvalue weighted by Crippen LogP contribution is -2.41. The number of nitrogens with one attached hydrogen (secondary N) is 7. The van der Waals surface area contributed by atoms with Gasteiger partial charge in [0.25, 0.3) is 11.8 Å². The molecule has 0 bridgehead atoms. The highest BCUT2D eigenvalue weighted by molar-refractivity contribution is 6.03. The summed E-state index contributed by atoms with van der Waals surface area (Å²) in [5, 5.41) is 36.1. The van der Waals surface area contributed by atoms with Crippen LogP contribution in [0.3, 0.4) is 0 Å². The molecular formula is C40H63N7O15. The number of anilines is 1. The number of carboxylic acid groups (broad SMARTS) is 2. The standard InChI is InChI=1S/C40H63N7O15/c1-26(2)44-38(55)28-23-29(39(56)45-27(3)4)25-30(24-28)46-36(52)9-12-41-33(49)10-15-59-19-22-62-18-14-43-34(50)11-16-60-20-21-61-17-13-42-32(48)6-5-31(40(57)58)47-35(51)7-8-37(53)54/h23-27,31H,5-22H2,1-4H3,(H,41,49)(H,42,48)(H,43,50)(H,44,55)(H,45,56)(H,46,52)(H,47,51)(H,53,54)(H,57,58)/t31-/m0/s1. The first kappa shape index (κ1) is 54.3. The Morgan fingerprint density at radius 2 is 0.935 bits per heavy atom. The summed E-state index contributed by atoms with van der Waals surface area (Å²) in [7, 11) is 0. The Morgan fingerprint density at radius 3 is 1.39 bits per heavy atom. The zero-order chi connectivity index (χ0) is 46.3. The molecule has 0 aliphatic heterocycles. The van der Waals surface area contributed by atoms with Crippen molar-refractivity contribution in [2.75, 3.05) is 77.8 Å². The summed E-state index contributed by atoms with van der Waals surface area (Å²) in [6.45, 7) is 9.31. The van der Waals surface area contributed by atoms with Crippen molar-refractivity contribution in [3.8, 4) is 0 Å². The van der Waals surface area contributed by atoms with Gasteiger partial charge in [-0.15, -0.1) is 0 Å². The molecule has 348 valence electrons. The number of rotatable bonds is 34. The van der Waals surface area contributed by atoms with Crippen LogP contribution in [0, 0.1) is 0 Å². The number of benzene rings is 1. The van der Waals surface area contributed by atoms with E-state index in [-0.39, 0.29) is 164 Å². The highest BCUT2D eigenvalue weighted by Crippen LogP contribution is 2.16. The van der Waals surface area contributed by atoms with Crippen molar-refractivity contribution in [1.82, 2.24) is 31.9 Å². The van der Waals surface area contributed by atoms with Crippen LogP contribution in [0.4, 0.5) is 5.69 Å². The van der Waals surface area contributed by atoms with E-state index in [1.54, 1.807) is 27.7 Å². The summed E-state index contributed by atoms with van der Waals surface area (Å²) in [6.07, 6.45) is -1.01. The first-order valence-electron chi connectivity index (χ1n) is 20.4. The van der Waals surface area contributed by atoms with Gasteiger partial charge in [-0.25, -0.2) is 4.79 Å². The van der Waals surface area contributed by atoms with E-state index in [0.29, 0.717) is 0 Å². The van der Waals surface area contributed by atoms with Gasteiger partial charge in [-0.1, -0.05) is 0 Å². The Morgan fingerprint density at radius 1 is 0.484 bits per heavy atom. The van der Waals surface area contributed by atoms with Crippen molar-refractivity contribution < 1.29 is 72.3 Å². The topological polar surface area (TPSA) is 315 Å². The first-order chi connectivity index (χ1) is 29.5. The third-order valence-corrected chi connectivity index (χ3v) is 7.94. The number of carbonyl (C=O) groups is 9. The van der Waals surface area contributed by atoms with Crippen molar-refractivity contribution in [3.05, 3.63) is 29.3 Å². The molecule has 1 atom stereocenters. The molecule has 0 heterocycles. The van der Waals surface area contributed by atoms with Crippen LogP contribution in [0.1, 0.15) is 93.4 Å². The number of hydrogen-bond acceptors (Lipinski definition) is 13.